The molecule has 0 saturated heterocycles. The van der Waals surface area contributed by atoms with Crippen LogP contribution in [0.2, 0.25) is 0 Å². The first-order valence-corrected chi connectivity index (χ1v) is 15.9. The van der Waals surface area contributed by atoms with Crippen molar-refractivity contribution in [2.45, 2.75) is 19.3 Å². The van der Waals surface area contributed by atoms with Gasteiger partial charge in [0.25, 0.3) is 0 Å². The molecule has 0 spiro atoms. The zero-order valence-corrected chi connectivity index (χ0v) is 25.5. The number of para-hydroxylation sites is 2. The molecule has 0 aliphatic heterocycles. The summed E-state index contributed by atoms with van der Waals surface area (Å²) in [5.41, 5.74) is 11.9. The highest BCUT2D eigenvalue weighted by molar-refractivity contribution is 6.22. The Hall–Kier alpha value is -5.80. The first-order chi connectivity index (χ1) is 22.6. The van der Waals surface area contributed by atoms with Crippen LogP contribution >= 0.6 is 0 Å². The van der Waals surface area contributed by atoms with Gasteiger partial charge in [0.2, 0.25) is 0 Å². The highest BCUT2D eigenvalue weighted by atomic mass is 16.3. The van der Waals surface area contributed by atoms with Gasteiger partial charge in [0, 0.05) is 55.9 Å². The van der Waals surface area contributed by atoms with Crippen LogP contribution in [0.25, 0.3) is 65.8 Å². The molecule has 0 saturated carbocycles. The van der Waals surface area contributed by atoms with Crippen LogP contribution in [-0.4, -0.2) is 0 Å². The third-order valence-corrected chi connectivity index (χ3v) is 10.0. The summed E-state index contributed by atoms with van der Waals surface area (Å²) in [5.74, 6) is 0. The molecular formula is C43H29NO2. The molecule has 0 bridgehead atoms. The fourth-order valence-electron chi connectivity index (χ4n) is 7.87. The number of furan rings is 2. The molecule has 1 aliphatic carbocycles. The number of hydrogen-bond acceptors (Lipinski definition) is 3. The van der Waals surface area contributed by atoms with Crippen molar-refractivity contribution in [3.05, 3.63) is 151 Å². The molecule has 46 heavy (non-hydrogen) atoms. The van der Waals surface area contributed by atoms with Gasteiger partial charge in [-0.1, -0.05) is 105 Å². The number of benzene rings is 7. The van der Waals surface area contributed by atoms with Crippen molar-refractivity contribution in [2.75, 3.05) is 4.90 Å². The van der Waals surface area contributed by atoms with Crippen LogP contribution in [0.15, 0.2) is 148 Å². The molecule has 7 aromatic carbocycles. The quantitative estimate of drug-likeness (QED) is 0.205. The second kappa shape index (κ2) is 9.12. The fraction of sp³-hybridized carbons (Fsp3) is 0.0698. The molecule has 0 amide bonds. The Morgan fingerprint density at radius 1 is 0.435 bits per heavy atom. The predicted molar refractivity (Wildman–Crippen MR) is 191 cm³/mol. The normalized spacial score (nSPS) is 13.6. The number of fused-ring (bicyclic) bond motifs is 11. The smallest absolute Gasteiger partial charge is 0.138 e. The largest absolute Gasteiger partial charge is 0.456 e. The Kier molecular flexibility index (Phi) is 5.06. The molecule has 1 aliphatic rings. The molecule has 0 N–H and O–H groups in total. The summed E-state index contributed by atoms with van der Waals surface area (Å²) in [6.07, 6.45) is 0. The Morgan fingerprint density at radius 2 is 1.02 bits per heavy atom. The van der Waals surface area contributed by atoms with E-state index in [4.69, 9.17) is 8.83 Å². The van der Waals surface area contributed by atoms with E-state index in [-0.39, 0.29) is 5.41 Å². The summed E-state index contributed by atoms with van der Waals surface area (Å²) >= 11 is 0. The molecule has 10 rings (SSSR count). The molecule has 0 unspecified atom stereocenters. The van der Waals surface area contributed by atoms with Gasteiger partial charge in [0.1, 0.15) is 22.3 Å². The van der Waals surface area contributed by atoms with Gasteiger partial charge in [0.05, 0.1) is 5.69 Å². The van der Waals surface area contributed by atoms with E-state index in [9.17, 15) is 0 Å². The summed E-state index contributed by atoms with van der Waals surface area (Å²) in [6, 6.07) is 49.8. The molecule has 9 aromatic rings. The first-order valence-electron chi connectivity index (χ1n) is 15.9. The van der Waals surface area contributed by atoms with Crippen LogP contribution in [0.4, 0.5) is 17.1 Å². The lowest BCUT2D eigenvalue weighted by atomic mass is 9.82. The molecule has 0 atom stereocenters. The van der Waals surface area contributed by atoms with Gasteiger partial charge in [-0.25, -0.2) is 0 Å². The third-order valence-electron chi connectivity index (χ3n) is 10.0. The van der Waals surface area contributed by atoms with Crippen LogP contribution in [-0.2, 0) is 5.41 Å². The van der Waals surface area contributed by atoms with Gasteiger partial charge >= 0.3 is 0 Å². The molecule has 2 heterocycles. The Labute approximate surface area is 265 Å². The minimum atomic E-state index is -0.124. The van der Waals surface area contributed by atoms with Crippen LogP contribution in [0.5, 0.6) is 0 Å². The molecular weight excluding hydrogens is 562 g/mol. The van der Waals surface area contributed by atoms with Crippen molar-refractivity contribution in [1.82, 2.24) is 0 Å². The summed E-state index contributed by atoms with van der Waals surface area (Å²) in [4.78, 5) is 2.38. The SMILES string of the molecule is CC1(C)c2ccccc2-c2ccc(N(c3ccc4c(c3)oc3ccccc34)c3cc4oc5ccccc5c4c4ccccc34)cc21. The Bertz CT molecular complexity index is 2690. The second-order valence-corrected chi connectivity index (χ2v) is 12.9. The maximum atomic E-state index is 6.54. The van der Waals surface area contributed by atoms with Crippen molar-refractivity contribution in [2.24, 2.45) is 0 Å². The molecule has 0 fully saturated rings. The van der Waals surface area contributed by atoms with Crippen molar-refractivity contribution in [3.8, 4) is 11.1 Å². The van der Waals surface area contributed by atoms with Gasteiger partial charge in [-0.15, -0.1) is 0 Å². The molecule has 0 radical (unpaired) electrons. The maximum Gasteiger partial charge on any atom is 0.138 e. The summed E-state index contributed by atoms with van der Waals surface area (Å²) in [6.45, 7) is 4.67. The minimum absolute atomic E-state index is 0.124. The third kappa shape index (κ3) is 3.43. The monoisotopic (exact) mass is 591 g/mol. The highest BCUT2D eigenvalue weighted by Crippen LogP contribution is 2.52. The lowest BCUT2D eigenvalue weighted by Crippen LogP contribution is -2.16. The van der Waals surface area contributed by atoms with Gasteiger partial charge in [-0.3, -0.25) is 0 Å². The van der Waals surface area contributed by atoms with Crippen molar-refractivity contribution in [3.63, 3.8) is 0 Å². The van der Waals surface area contributed by atoms with E-state index in [2.05, 4.69) is 140 Å². The molecule has 218 valence electrons. The van der Waals surface area contributed by atoms with Crippen molar-refractivity contribution in [1.29, 1.82) is 0 Å². The van der Waals surface area contributed by atoms with Gasteiger partial charge in [-0.2, -0.15) is 0 Å². The number of rotatable bonds is 3. The van der Waals surface area contributed by atoms with Gasteiger partial charge in [-0.05, 0) is 64.0 Å². The van der Waals surface area contributed by atoms with E-state index in [1.54, 1.807) is 0 Å². The van der Waals surface area contributed by atoms with E-state index in [0.717, 1.165) is 66.3 Å². The average Bonchev–Trinajstić information content (AvgIpc) is 3.73. The van der Waals surface area contributed by atoms with E-state index < -0.39 is 0 Å². The number of hydrogen-bond donors (Lipinski definition) is 0. The fourth-order valence-corrected chi connectivity index (χ4v) is 7.87. The zero-order valence-electron chi connectivity index (χ0n) is 25.5. The van der Waals surface area contributed by atoms with E-state index in [1.165, 1.54) is 27.6 Å². The highest BCUT2D eigenvalue weighted by Gasteiger charge is 2.36. The van der Waals surface area contributed by atoms with E-state index in [0.29, 0.717) is 0 Å². The Morgan fingerprint density at radius 3 is 1.87 bits per heavy atom. The number of anilines is 3. The molecule has 3 heteroatoms. The summed E-state index contributed by atoms with van der Waals surface area (Å²) in [5, 5.41) is 6.85. The lowest BCUT2D eigenvalue weighted by molar-refractivity contribution is 0.660. The van der Waals surface area contributed by atoms with Crippen LogP contribution < -0.4 is 4.90 Å². The van der Waals surface area contributed by atoms with Crippen molar-refractivity contribution < 1.29 is 8.83 Å². The Balaban J connectivity index is 1.28. The maximum absolute atomic E-state index is 6.54. The molecule has 2 aromatic heterocycles. The number of nitrogens with zero attached hydrogens (tertiary/aromatic N) is 1. The average molecular weight is 592 g/mol. The van der Waals surface area contributed by atoms with Crippen molar-refractivity contribution >= 4 is 71.7 Å². The van der Waals surface area contributed by atoms with Gasteiger partial charge < -0.3 is 13.7 Å². The lowest BCUT2D eigenvalue weighted by Gasteiger charge is -2.29. The van der Waals surface area contributed by atoms with Gasteiger partial charge in [0.15, 0.2) is 0 Å². The predicted octanol–water partition coefficient (Wildman–Crippen LogP) is 12.4. The minimum Gasteiger partial charge on any atom is -0.456 e. The van der Waals surface area contributed by atoms with Crippen LogP contribution in [0, 0.1) is 0 Å². The topological polar surface area (TPSA) is 29.5 Å². The first kappa shape index (κ1) is 25.5. The summed E-state index contributed by atoms with van der Waals surface area (Å²) < 4.78 is 13.0. The van der Waals surface area contributed by atoms with Crippen LogP contribution in [0.1, 0.15) is 25.0 Å². The summed E-state index contributed by atoms with van der Waals surface area (Å²) in [7, 11) is 0. The van der Waals surface area contributed by atoms with E-state index >= 15 is 0 Å². The molecule has 3 nitrogen and oxygen atoms in total. The van der Waals surface area contributed by atoms with E-state index in [1.807, 2.05) is 18.2 Å². The second-order valence-electron chi connectivity index (χ2n) is 12.9. The van der Waals surface area contributed by atoms with Crippen LogP contribution in [0.3, 0.4) is 0 Å². The standard InChI is InChI=1S/C43H29NO2/c1-43(2)35-16-8-5-11-28(35)29-21-19-26(23-36(29)43)44(27-20-22-32-31-13-6-9-17-38(31)45-40(32)24-27)37-25-41-42(33-14-4-3-12-30(33)37)34-15-7-10-18-39(34)46-41/h3-25H,1-2H3. The zero-order chi connectivity index (χ0) is 30.6.